The molecule has 8 heteroatoms. The number of carbonyl (C=O) groups is 3. The van der Waals surface area contributed by atoms with E-state index in [1.807, 2.05) is 24.1 Å². The summed E-state index contributed by atoms with van der Waals surface area (Å²) in [6.45, 7) is 6.14. The number of hydrogen-bond acceptors (Lipinski definition) is 5. The summed E-state index contributed by atoms with van der Waals surface area (Å²) in [5.74, 6) is -0.101. The lowest BCUT2D eigenvalue weighted by atomic mass is 9.87. The number of aryl methyl sites for hydroxylation is 1. The molecule has 34 heavy (non-hydrogen) atoms. The number of aromatic nitrogens is 1. The van der Waals surface area contributed by atoms with Crippen LogP contribution < -0.4 is 15.5 Å². The second-order valence-electron chi connectivity index (χ2n) is 9.77. The van der Waals surface area contributed by atoms with Crippen LogP contribution in [0, 0.1) is 12.8 Å². The van der Waals surface area contributed by atoms with Crippen LogP contribution >= 0.6 is 0 Å². The second kappa shape index (κ2) is 8.74. The van der Waals surface area contributed by atoms with Gasteiger partial charge in [0.25, 0.3) is 5.91 Å². The van der Waals surface area contributed by atoms with Crippen molar-refractivity contribution in [1.82, 2.24) is 20.5 Å². The molecule has 3 fully saturated rings. The minimum absolute atomic E-state index is 0.0430. The zero-order valence-corrected chi connectivity index (χ0v) is 19.7. The van der Waals surface area contributed by atoms with Crippen LogP contribution in [0.5, 0.6) is 0 Å². The summed E-state index contributed by atoms with van der Waals surface area (Å²) in [6.07, 6.45) is 4.27. The number of pyridine rings is 1. The van der Waals surface area contributed by atoms with Crippen LogP contribution in [0.2, 0.25) is 0 Å². The molecule has 3 heterocycles. The number of nitrogens with one attached hydrogen (secondary N) is 2. The fraction of sp³-hybridized carbons (Fsp3) is 0.462. The molecule has 4 amide bonds. The summed E-state index contributed by atoms with van der Waals surface area (Å²) in [5, 5.41) is 5.17. The first-order valence-electron chi connectivity index (χ1n) is 12.1. The maximum Gasteiger partial charge on any atom is 0.322 e. The van der Waals surface area contributed by atoms with Crippen LogP contribution in [-0.2, 0) is 9.59 Å². The molecule has 2 atom stereocenters. The molecule has 2 N–H and O–H groups in total. The van der Waals surface area contributed by atoms with Crippen LogP contribution in [0.3, 0.4) is 0 Å². The van der Waals surface area contributed by atoms with Gasteiger partial charge in [0, 0.05) is 49.7 Å². The van der Waals surface area contributed by atoms with E-state index in [2.05, 4.69) is 57.8 Å². The van der Waals surface area contributed by atoms with Crippen LogP contribution in [0.15, 0.2) is 42.6 Å². The summed E-state index contributed by atoms with van der Waals surface area (Å²) in [6, 6.07) is 12.3. The van der Waals surface area contributed by atoms with Gasteiger partial charge in [0.2, 0.25) is 5.91 Å². The number of piperazine rings is 1. The monoisotopic (exact) mass is 461 g/mol. The Morgan fingerprint density at radius 3 is 2.62 bits per heavy atom. The maximum absolute atomic E-state index is 13.0. The molecular weight excluding hydrogens is 430 g/mol. The zero-order chi connectivity index (χ0) is 23.9. The van der Waals surface area contributed by atoms with E-state index in [0.717, 1.165) is 41.9 Å². The maximum atomic E-state index is 13.0. The molecule has 8 nitrogen and oxygen atoms in total. The third-order valence-electron chi connectivity index (χ3n) is 7.36. The summed E-state index contributed by atoms with van der Waals surface area (Å²) >= 11 is 0. The first kappa shape index (κ1) is 22.4. The minimum atomic E-state index is -0.911. The molecule has 0 spiro atoms. The van der Waals surface area contributed by atoms with Gasteiger partial charge in [-0.1, -0.05) is 12.1 Å². The molecule has 2 aromatic rings. The lowest BCUT2D eigenvalue weighted by molar-refractivity contribution is -0.133. The quantitative estimate of drug-likeness (QED) is 0.645. The molecule has 5 rings (SSSR count). The van der Waals surface area contributed by atoms with Crippen molar-refractivity contribution in [3.63, 3.8) is 0 Å². The molecule has 0 bridgehead atoms. The number of urea groups is 1. The Bertz CT molecular complexity index is 1130. The van der Waals surface area contributed by atoms with E-state index in [9.17, 15) is 14.4 Å². The van der Waals surface area contributed by atoms with E-state index < -0.39 is 11.6 Å². The van der Waals surface area contributed by atoms with Crippen molar-refractivity contribution in [3.8, 4) is 11.1 Å². The van der Waals surface area contributed by atoms with E-state index in [1.165, 1.54) is 0 Å². The third-order valence-corrected chi connectivity index (χ3v) is 7.36. The van der Waals surface area contributed by atoms with Crippen molar-refractivity contribution in [3.05, 3.63) is 48.3 Å². The van der Waals surface area contributed by atoms with Crippen molar-refractivity contribution in [1.29, 1.82) is 0 Å². The minimum Gasteiger partial charge on any atom is -0.365 e. The van der Waals surface area contributed by atoms with Crippen molar-refractivity contribution < 1.29 is 14.4 Å². The van der Waals surface area contributed by atoms with E-state index in [4.69, 9.17) is 0 Å². The Morgan fingerprint density at radius 2 is 1.94 bits per heavy atom. The number of anilines is 1. The van der Waals surface area contributed by atoms with Gasteiger partial charge >= 0.3 is 6.03 Å². The lowest BCUT2D eigenvalue weighted by Gasteiger charge is -2.41. The predicted octanol–water partition coefficient (Wildman–Crippen LogP) is 2.86. The summed E-state index contributed by atoms with van der Waals surface area (Å²) in [4.78, 5) is 45.8. The molecular formula is C26H31N5O3. The molecule has 1 aliphatic carbocycles. The molecule has 2 saturated heterocycles. The predicted molar refractivity (Wildman–Crippen MR) is 129 cm³/mol. The molecule has 178 valence electrons. The van der Waals surface area contributed by atoms with Gasteiger partial charge in [0.1, 0.15) is 5.54 Å². The largest absolute Gasteiger partial charge is 0.365 e. The lowest BCUT2D eigenvalue weighted by Crippen LogP contribution is -2.54. The number of carbonyl (C=O) groups excluding carboxylic acids is 3. The molecule has 1 aromatic heterocycles. The number of amides is 4. The number of nitrogens with zero attached hydrogens (tertiary/aromatic N) is 3. The van der Waals surface area contributed by atoms with Crippen LogP contribution in [0.1, 0.15) is 38.3 Å². The van der Waals surface area contributed by atoms with Crippen LogP contribution in [0.4, 0.5) is 10.5 Å². The highest BCUT2D eigenvalue weighted by molar-refractivity contribution is 6.07. The van der Waals surface area contributed by atoms with E-state index >= 15 is 0 Å². The Hall–Kier alpha value is -3.42. The molecule has 1 saturated carbocycles. The zero-order valence-electron chi connectivity index (χ0n) is 19.7. The van der Waals surface area contributed by atoms with Gasteiger partial charge in [-0.3, -0.25) is 19.9 Å². The first-order valence-corrected chi connectivity index (χ1v) is 12.1. The molecule has 1 aromatic carbocycles. The van der Waals surface area contributed by atoms with Gasteiger partial charge < -0.3 is 15.1 Å². The van der Waals surface area contributed by atoms with Crippen LogP contribution in [0.25, 0.3) is 11.1 Å². The highest BCUT2D eigenvalue weighted by Crippen LogP contribution is 2.43. The Morgan fingerprint density at radius 1 is 1.15 bits per heavy atom. The second-order valence-corrected chi connectivity index (χ2v) is 9.77. The summed E-state index contributed by atoms with van der Waals surface area (Å²) in [7, 11) is 0. The first-order chi connectivity index (χ1) is 16.4. The van der Waals surface area contributed by atoms with Crippen molar-refractivity contribution in [2.75, 3.05) is 24.5 Å². The van der Waals surface area contributed by atoms with Crippen LogP contribution in [-0.4, -0.2) is 58.9 Å². The van der Waals surface area contributed by atoms with E-state index in [0.29, 0.717) is 19.5 Å². The average Bonchev–Trinajstić information content (AvgIpc) is 3.63. The van der Waals surface area contributed by atoms with Crippen molar-refractivity contribution >= 4 is 23.5 Å². The Balaban J connectivity index is 1.22. The van der Waals surface area contributed by atoms with Gasteiger partial charge in [-0.2, -0.15) is 0 Å². The van der Waals surface area contributed by atoms with Gasteiger partial charge in [0.15, 0.2) is 0 Å². The topological polar surface area (TPSA) is 94.6 Å². The van der Waals surface area contributed by atoms with Crippen molar-refractivity contribution in [2.24, 2.45) is 5.92 Å². The molecule has 3 aliphatic rings. The van der Waals surface area contributed by atoms with Gasteiger partial charge in [0.05, 0.1) is 0 Å². The normalized spacial score (nSPS) is 24.7. The highest BCUT2D eigenvalue weighted by Gasteiger charge is 2.55. The van der Waals surface area contributed by atoms with Crippen molar-refractivity contribution in [2.45, 2.75) is 51.1 Å². The Labute approximate surface area is 199 Å². The SMILES string of the molecule is Cc1cc(-c2cccc(N3CCN(C(=O)CCC4(C5CC5)NC(=O)NC4=O)C[C@@H]3C)c2)ccn1. The summed E-state index contributed by atoms with van der Waals surface area (Å²) < 4.78 is 0. The smallest absolute Gasteiger partial charge is 0.322 e. The van der Waals surface area contributed by atoms with E-state index in [-0.39, 0.29) is 30.2 Å². The van der Waals surface area contributed by atoms with Gasteiger partial charge in [-0.25, -0.2) is 4.79 Å². The number of benzene rings is 1. The molecule has 0 radical (unpaired) electrons. The average molecular weight is 462 g/mol. The van der Waals surface area contributed by atoms with E-state index in [1.54, 1.807) is 0 Å². The van der Waals surface area contributed by atoms with Gasteiger partial charge in [-0.15, -0.1) is 0 Å². The number of rotatable bonds is 6. The standard InChI is InChI=1S/C26H31N5O3/c1-17-14-20(9-11-27-17)19-4-3-5-22(15-19)31-13-12-30(16-18(31)2)23(32)8-10-26(21-6-7-21)24(33)28-25(34)29-26/h3-5,9,11,14-15,18,21H,6-8,10,12-13,16H2,1-2H3,(H2,28,29,33,34)/t18-,26?/m0/s1. The molecule has 2 aliphatic heterocycles. The highest BCUT2D eigenvalue weighted by atomic mass is 16.2. The summed E-state index contributed by atoms with van der Waals surface area (Å²) in [5.41, 5.74) is 3.51. The third kappa shape index (κ3) is 4.24. The fourth-order valence-electron chi connectivity index (χ4n) is 5.37. The number of hydrogen-bond donors (Lipinski definition) is 2. The number of imide groups is 1. The molecule has 1 unspecified atom stereocenters. The van der Waals surface area contributed by atoms with Gasteiger partial charge in [-0.05, 0) is 74.4 Å². The fourth-order valence-corrected chi connectivity index (χ4v) is 5.37. The Kier molecular flexibility index (Phi) is 5.75.